The molecule has 144 valence electrons. The van der Waals surface area contributed by atoms with E-state index in [9.17, 15) is 13.2 Å². The SMILES string of the molecule is CS(=O)(=O)N(CC(=O)Nc1ccc2c3c(cccc13)CC2)Cc1ccccc1. The van der Waals surface area contributed by atoms with E-state index in [1.54, 1.807) is 0 Å². The van der Waals surface area contributed by atoms with E-state index in [2.05, 4.69) is 11.4 Å². The number of hydrogen-bond donors (Lipinski definition) is 1. The molecule has 5 nitrogen and oxygen atoms in total. The lowest BCUT2D eigenvalue weighted by molar-refractivity contribution is -0.116. The number of sulfonamides is 1. The zero-order chi connectivity index (χ0) is 19.7. The molecule has 0 saturated heterocycles. The Balaban J connectivity index is 1.56. The fourth-order valence-electron chi connectivity index (χ4n) is 3.78. The summed E-state index contributed by atoms with van der Waals surface area (Å²) in [6.45, 7) is -0.0619. The Hall–Kier alpha value is -2.70. The Morgan fingerprint density at radius 2 is 1.68 bits per heavy atom. The van der Waals surface area contributed by atoms with E-state index >= 15 is 0 Å². The van der Waals surface area contributed by atoms with E-state index in [1.165, 1.54) is 20.8 Å². The van der Waals surface area contributed by atoms with Crippen molar-refractivity contribution in [3.05, 3.63) is 77.4 Å². The highest BCUT2D eigenvalue weighted by atomic mass is 32.2. The van der Waals surface area contributed by atoms with Crippen molar-refractivity contribution >= 4 is 32.4 Å². The van der Waals surface area contributed by atoms with Gasteiger partial charge in [-0.25, -0.2) is 8.42 Å². The molecule has 1 aliphatic carbocycles. The molecule has 0 bridgehead atoms. The van der Waals surface area contributed by atoms with Crippen molar-refractivity contribution in [3.63, 3.8) is 0 Å². The van der Waals surface area contributed by atoms with Gasteiger partial charge < -0.3 is 5.32 Å². The Labute approximate surface area is 165 Å². The van der Waals surface area contributed by atoms with Gasteiger partial charge in [0.05, 0.1) is 12.8 Å². The lowest BCUT2D eigenvalue weighted by atomic mass is 10.0. The lowest BCUT2D eigenvalue weighted by Crippen LogP contribution is -2.36. The predicted molar refractivity (Wildman–Crippen MR) is 112 cm³/mol. The molecule has 6 heteroatoms. The van der Waals surface area contributed by atoms with Crippen molar-refractivity contribution in [2.24, 2.45) is 0 Å². The number of carbonyl (C=O) groups is 1. The van der Waals surface area contributed by atoms with Crippen LogP contribution in [0.25, 0.3) is 10.8 Å². The fraction of sp³-hybridized carbons (Fsp3) is 0.227. The minimum absolute atomic E-state index is 0.164. The first-order valence-electron chi connectivity index (χ1n) is 9.24. The van der Waals surface area contributed by atoms with E-state index in [0.717, 1.165) is 35.7 Å². The molecule has 1 amide bonds. The first-order chi connectivity index (χ1) is 13.4. The number of anilines is 1. The second-order valence-corrected chi connectivity index (χ2v) is 9.16. The predicted octanol–water partition coefficient (Wildman–Crippen LogP) is 3.34. The number of nitrogens with one attached hydrogen (secondary N) is 1. The summed E-state index contributed by atoms with van der Waals surface area (Å²) in [6.07, 6.45) is 3.16. The molecule has 0 aliphatic heterocycles. The third-order valence-corrected chi connectivity index (χ3v) is 6.34. The van der Waals surface area contributed by atoms with Crippen molar-refractivity contribution in [2.45, 2.75) is 19.4 Å². The Bertz CT molecular complexity index is 1130. The highest BCUT2D eigenvalue weighted by molar-refractivity contribution is 7.88. The third kappa shape index (κ3) is 3.79. The largest absolute Gasteiger partial charge is 0.324 e. The number of carbonyl (C=O) groups excluding carboxylic acids is 1. The van der Waals surface area contributed by atoms with E-state index in [0.29, 0.717) is 0 Å². The second-order valence-electron chi connectivity index (χ2n) is 7.18. The van der Waals surface area contributed by atoms with Crippen LogP contribution in [0.2, 0.25) is 0 Å². The molecule has 28 heavy (non-hydrogen) atoms. The van der Waals surface area contributed by atoms with E-state index in [-0.39, 0.29) is 19.0 Å². The third-order valence-electron chi connectivity index (χ3n) is 5.14. The molecule has 0 aromatic heterocycles. The molecule has 1 N–H and O–H groups in total. The molecule has 0 spiro atoms. The quantitative estimate of drug-likeness (QED) is 0.697. The molecule has 0 radical (unpaired) electrons. The van der Waals surface area contributed by atoms with Crippen molar-refractivity contribution in [1.82, 2.24) is 4.31 Å². The van der Waals surface area contributed by atoms with Gasteiger partial charge >= 0.3 is 0 Å². The van der Waals surface area contributed by atoms with Crippen LogP contribution in [0.5, 0.6) is 0 Å². The molecule has 4 rings (SSSR count). The maximum absolute atomic E-state index is 12.7. The molecule has 3 aromatic carbocycles. The maximum atomic E-state index is 12.7. The molecular weight excluding hydrogens is 372 g/mol. The minimum atomic E-state index is -3.52. The van der Waals surface area contributed by atoms with E-state index in [1.807, 2.05) is 54.6 Å². The van der Waals surface area contributed by atoms with Gasteiger partial charge in [0.25, 0.3) is 0 Å². The molecule has 0 saturated carbocycles. The van der Waals surface area contributed by atoms with Crippen LogP contribution in [0.4, 0.5) is 5.69 Å². The van der Waals surface area contributed by atoms with Crippen molar-refractivity contribution in [2.75, 3.05) is 18.1 Å². The van der Waals surface area contributed by atoms with Crippen LogP contribution in [0, 0.1) is 0 Å². The van der Waals surface area contributed by atoms with Crippen LogP contribution in [0.1, 0.15) is 16.7 Å². The lowest BCUT2D eigenvalue weighted by Gasteiger charge is -2.20. The summed E-state index contributed by atoms with van der Waals surface area (Å²) in [5.74, 6) is -0.347. The first-order valence-corrected chi connectivity index (χ1v) is 11.1. The number of nitrogens with zero attached hydrogens (tertiary/aromatic N) is 1. The molecular formula is C22H22N2O3S. The number of rotatable bonds is 6. The zero-order valence-corrected chi connectivity index (χ0v) is 16.5. The van der Waals surface area contributed by atoms with Crippen LogP contribution in [0.3, 0.4) is 0 Å². The van der Waals surface area contributed by atoms with Crippen LogP contribution >= 0.6 is 0 Å². The van der Waals surface area contributed by atoms with Crippen molar-refractivity contribution in [1.29, 1.82) is 0 Å². The van der Waals surface area contributed by atoms with Gasteiger partial charge in [0.15, 0.2) is 0 Å². The molecule has 0 fully saturated rings. The van der Waals surface area contributed by atoms with Gasteiger partial charge in [-0.1, -0.05) is 54.6 Å². The standard InChI is InChI=1S/C22H22N2O3S/c1-28(26,27)24(14-16-6-3-2-4-7-16)15-21(25)23-20-13-12-18-11-10-17-8-5-9-19(20)22(17)18/h2-9,12-13H,10-11,14-15H2,1H3,(H,23,25). The highest BCUT2D eigenvalue weighted by Gasteiger charge is 2.22. The zero-order valence-electron chi connectivity index (χ0n) is 15.7. The smallest absolute Gasteiger partial charge is 0.239 e. The monoisotopic (exact) mass is 394 g/mol. The van der Waals surface area contributed by atoms with Crippen LogP contribution in [0.15, 0.2) is 60.7 Å². The summed E-state index contributed by atoms with van der Waals surface area (Å²) in [5.41, 5.74) is 4.16. The molecule has 1 aliphatic rings. The van der Waals surface area contributed by atoms with Gasteiger partial charge in [0.2, 0.25) is 15.9 Å². The van der Waals surface area contributed by atoms with Crippen LogP contribution in [-0.2, 0) is 34.2 Å². The van der Waals surface area contributed by atoms with Gasteiger partial charge in [-0.3, -0.25) is 4.79 Å². The van der Waals surface area contributed by atoms with Gasteiger partial charge in [0.1, 0.15) is 0 Å². The average Bonchev–Trinajstić information content (AvgIpc) is 3.08. The summed E-state index contributed by atoms with van der Waals surface area (Å²) in [7, 11) is -3.52. The van der Waals surface area contributed by atoms with Gasteiger partial charge in [-0.2, -0.15) is 4.31 Å². The maximum Gasteiger partial charge on any atom is 0.239 e. The van der Waals surface area contributed by atoms with Gasteiger partial charge in [0, 0.05) is 17.6 Å². The van der Waals surface area contributed by atoms with Crippen LogP contribution in [-0.4, -0.2) is 31.4 Å². The number of aryl methyl sites for hydroxylation is 2. The molecule has 0 heterocycles. The van der Waals surface area contributed by atoms with E-state index in [4.69, 9.17) is 0 Å². The van der Waals surface area contributed by atoms with Gasteiger partial charge in [-0.05, 0) is 41.0 Å². The Kier molecular flexibility index (Phi) is 4.91. The van der Waals surface area contributed by atoms with Crippen molar-refractivity contribution < 1.29 is 13.2 Å². The average molecular weight is 394 g/mol. The Morgan fingerprint density at radius 1 is 0.964 bits per heavy atom. The molecule has 0 atom stereocenters. The number of amides is 1. The summed E-state index contributed by atoms with van der Waals surface area (Å²) in [5, 5.41) is 5.13. The summed E-state index contributed by atoms with van der Waals surface area (Å²) in [4.78, 5) is 12.7. The molecule has 0 unspecified atom stereocenters. The second kappa shape index (κ2) is 7.37. The summed E-state index contributed by atoms with van der Waals surface area (Å²) in [6, 6.07) is 19.3. The van der Waals surface area contributed by atoms with Crippen LogP contribution < -0.4 is 5.32 Å². The van der Waals surface area contributed by atoms with Gasteiger partial charge in [-0.15, -0.1) is 0 Å². The van der Waals surface area contributed by atoms with Crippen molar-refractivity contribution in [3.8, 4) is 0 Å². The Morgan fingerprint density at radius 3 is 2.39 bits per heavy atom. The summed E-state index contributed by atoms with van der Waals surface area (Å²) >= 11 is 0. The first kappa shape index (κ1) is 18.7. The minimum Gasteiger partial charge on any atom is -0.324 e. The fourth-order valence-corrected chi connectivity index (χ4v) is 4.52. The topological polar surface area (TPSA) is 66.5 Å². The molecule has 3 aromatic rings. The number of hydrogen-bond acceptors (Lipinski definition) is 3. The van der Waals surface area contributed by atoms with E-state index < -0.39 is 10.0 Å². The normalized spacial score (nSPS) is 13.2. The number of benzene rings is 3. The summed E-state index contributed by atoms with van der Waals surface area (Å²) < 4.78 is 25.6. The highest BCUT2D eigenvalue weighted by Crippen LogP contribution is 2.34.